The maximum absolute atomic E-state index is 13.1. The quantitative estimate of drug-likeness (QED) is 0.786. The molecule has 0 amide bonds. The lowest BCUT2D eigenvalue weighted by Crippen LogP contribution is -2.17. The Bertz CT molecular complexity index is 483. The van der Waals surface area contributed by atoms with Crippen molar-refractivity contribution < 1.29 is 27.8 Å². The summed E-state index contributed by atoms with van der Waals surface area (Å²) >= 11 is 0. The molecule has 1 heterocycles. The van der Waals surface area contributed by atoms with E-state index < -0.39 is 23.9 Å². The highest BCUT2D eigenvalue weighted by molar-refractivity contribution is 5.38. The molecule has 1 aromatic heterocycles. The number of carbonyl (C=O) groups is 1. The Morgan fingerprint density at radius 3 is 2.70 bits per heavy atom. The van der Waals surface area contributed by atoms with Gasteiger partial charge in [0.05, 0.1) is 5.69 Å². The Labute approximate surface area is 113 Å². The number of hydrogen-bond donors (Lipinski definition) is 2. The molecule has 2 atom stereocenters. The van der Waals surface area contributed by atoms with Crippen LogP contribution in [0.25, 0.3) is 0 Å². The Balaban J connectivity index is 2.29. The molecule has 0 bridgehead atoms. The van der Waals surface area contributed by atoms with Gasteiger partial charge in [0.25, 0.3) is 6.47 Å². The minimum Gasteiger partial charge on any atom is -0.464 e. The van der Waals surface area contributed by atoms with Crippen molar-refractivity contribution in [2.24, 2.45) is 5.92 Å². The van der Waals surface area contributed by atoms with Crippen molar-refractivity contribution in [2.45, 2.75) is 44.6 Å². The molecule has 2 unspecified atom stereocenters. The van der Waals surface area contributed by atoms with Crippen LogP contribution in [0.5, 0.6) is 0 Å². The molecule has 2 rings (SSSR count). The summed E-state index contributed by atoms with van der Waals surface area (Å²) in [5.41, 5.74) is -1.49. The van der Waals surface area contributed by atoms with Crippen LogP contribution >= 0.6 is 0 Å². The smallest absolute Gasteiger partial charge is 0.420 e. The van der Waals surface area contributed by atoms with Crippen LogP contribution in [-0.2, 0) is 22.1 Å². The van der Waals surface area contributed by atoms with Crippen LogP contribution in [0.1, 0.15) is 42.8 Å². The van der Waals surface area contributed by atoms with E-state index in [1.165, 1.54) is 6.92 Å². The van der Waals surface area contributed by atoms with Crippen LogP contribution in [0.15, 0.2) is 0 Å². The predicted molar refractivity (Wildman–Crippen MR) is 61.6 cm³/mol. The van der Waals surface area contributed by atoms with Gasteiger partial charge in [-0.05, 0) is 25.7 Å². The standard InChI is InChI=1S/C12H15F3N2O3/c1-6(20-5-18)4-8-9(12(13,14)15)10(17-16-8)11(19)7-2-3-7/h5-7,11,19H,2-4H2,1H3,(H,16,17). The first-order chi connectivity index (χ1) is 9.34. The second-order valence-electron chi connectivity index (χ2n) is 4.99. The first-order valence-corrected chi connectivity index (χ1v) is 6.26. The molecule has 112 valence electrons. The van der Waals surface area contributed by atoms with Crippen LogP contribution in [0.2, 0.25) is 0 Å². The number of nitrogens with one attached hydrogen (secondary N) is 1. The van der Waals surface area contributed by atoms with Gasteiger partial charge in [-0.1, -0.05) is 0 Å². The van der Waals surface area contributed by atoms with Crippen LogP contribution < -0.4 is 0 Å². The molecule has 1 aromatic rings. The third-order valence-electron chi connectivity index (χ3n) is 3.28. The summed E-state index contributed by atoms with van der Waals surface area (Å²) < 4.78 is 44.0. The van der Waals surface area contributed by atoms with Crippen LogP contribution in [0.3, 0.4) is 0 Å². The number of aliphatic hydroxyl groups is 1. The number of nitrogens with zero attached hydrogens (tertiary/aromatic N) is 1. The molecule has 5 nitrogen and oxygen atoms in total. The van der Waals surface area contributed by atoms with E-state index in [0.717, 1.165) is 0 Å². The number of aliphatic hydroxyl groups excluding tert-OH is 1. The van der Waals surface area contributed by atoms with E-state index in [1.807, 2.05) is 0 Å². The normalized spacial score (nSPS) is 18.6. The number of carbonyl (C=O) groups excluding carboxylic acids is 1. The van der Waals surface area contributed by atoms with Crippen LogP contribution in [0.4, 0.5) is 13.2 Å². The zero-order valence-corrected chi connectivity index (χ0v) is 10.8. The third kappa shape index (κ3) is 3.12. The molecule has 0 spiro atoms. The topological polar surface area (TPSA) is 75.2 Å². The molecule has 0 aliphatic heterocycles. The second-order valence-corrected chi connectivity index (χ2v) is 4.99. The average molecular weight is 292 g/mol. The van der Waals surface area contributed by atoms with Gasteiger partial charge < -0.3 is 9.84 Å². The van der Waals surface area contributed by atoms with Gasteiger partial charge >= 0.3 is 6.18 Å². The van der Waals surface area contributed by atoms with Crippen molar-refractivity contribution in [3.8, 4) is 0 Å². The summed E-state index contributed by atoms with van der Waals surface area (Å²) in [5, 5.41) is 15.8. The van der Waals surface area contributed by atoms with E-state index in [4.69, 9.17) is 0 Å². The van der Waals surface area contributed by atoms with E-state index in [0.29, 0.717) is 12.8 Å². The number of alkyl halides is 3. The fourth-order valence-corrected chi connectivity index (χ4v) is 2.14. The van der Waals surface area contributed by atoms with Crippen molar-refractivity contribution in [2.75, 3.05) is 0 Å². The van der Waals surface area contributed by atoms with E-state index >= 15 is 0 Å². The molecule has 20 heavy (non-hydrogen) atoms. The van der Waals surface area contributed by atoms with Gasteiger partial charge in [0.15, 0.2) is 0 Å². The molecule has 0 aromatic carbocycles. The third-order valence-corrected chi connectivity index (χ3v) is 3.28. The second kappa shape index (κ2) is 5.43. The summed E-state index contributed by atoms with van der Waals surface area (Å²) in [6.45, 7) is 1.67. The van der Waals surface area contributed by atoms with Crippen molar-refractivity contribution in [3.63, 3.8) is 0 Å². The van der Waals surface area contributed by atoms with E-state index in [9.17, 15) is 23.1 Å². The number of H-pyrrole nitrogens is 1. The van der Waals surface area contributed by atoms with Gasteiger partial charge in [-0.15, -0.1) is 0 Å². The zero-order chi connectivity index (χ0) is 14.9. The highest BCUT2D eigenvalue weighted by Gasteiger charge is 2.43. The zero-order valence-electron chi connectivity index (χ0n) is 10.8. The Kier molecular flexibility index (Phi) is 4.03. The van der Waals surface area contributed by atoms with Gasteiger partial charge in [0.1, 0.15) is 23.5 Å². The number of halogens is 3. The summed E-state index contributed by atoms with van der Waals surface area (Å²) in [7, 11) is 0. The van der Waals surface area contributed by atoms with E-state index in [-0.39, 0.29) is 30.2 Å². The van der Waals surface area contributed by atoms with E-state index in [2.05, 4.69) is 14.9 Å². The minimum atomic E-state index is -4.62. The summed E-state index contributed by atoms with van der Waals surface area (Å²) in [6, 6.07) is 0. The Morgan fingerprint density at radius 1 is 1.55 bits per heavy atom. The lowest BCUT2D eigenvalue weighted by molar-refractivity contribution is -0.140. The fraction of sp³-hybridized carbons (Fsp3) is 0.667. The van der Waals surface area contributed by atoms with Gasteiger partial charge in [0, 0.05) is 6.42 Å². The average Bonchev–Trinajstić information content (AvgIpc) is 3.08. The Morgan fingerprint density at radius 2 is 2.20 bits per heavy atom. The lowest BCUT2D eigenvalue weighted by Gasteiger charge is -2.14. The number of ether oxygens (including phenoxy) is 1. The molecular formula is C12H15F3N2O3. The maximum Gasteiger partial charge on any atom is 0.420 e. The fourth-order valence-electron chi connectivity index (χ4n) is 2.14. The van der Waals surface area contributed by atoms with Gasteiger partial charge in [0.2, 0.25) is 0 Å². The molecule has 0 radical (unpaired) electrons. The molecule has 1 aliphatic rings. The highest BCUT2D eigenvalue weighted by atomic mass is 19.4. The molecular weight excluding hydrogens is 277 g/mol. The van der Waals surface area contributed by atoms with Crippen molar-refractivity contribution in [1.82, 2.24) is 10.2 Å². The van der Waals surface area contributed by atoms with Crippen molar-refractivity contribution >= 4 is 6.47 Å². The Hall–Kier alpha value is -1.57. The van der Waals surface area contributed by atoms with Crippen LogP contribution in [-0.4, -0.2) is 27.9 Å². The van der Waals surface area contributed by atoms with Gasteiger partial charge in [-0.25, -0.2) is 0 Å². The van der Waals surface area contributed by atoms with Crippen molar-refractivity contribution in [3.05, 3.63) is 17.0 Å². The van der Waals surface area contributed by atoms with Gasteiger partial charge in [-0.2, -0.15) is 18.3 Å². The number of hydrogen-bond acceptors (Lipinski definition) is 4. The molecule has 1 saturated carbocycles. The first kappa shape index (κ1) is 14.8. The summed E-state index contributed by atoms with van der Waals surface area (Å²) in [5.74, 6) is -0.157. The molecule has 0 saturated heterocycles. The maximum atomic E-state index is 13.1. The highest BCUT2D eigenvalue weighted by Crippen LogP contribution is 2.45. The monoisotopic (exact) mass is 292 g/mol. The van der Waals surface area contributed by atoms with Crippen molar-refractivity contribution in [1.29, 1.82) is 0 Å². The lowest BCUT2D eigenvalue weighted by atomic mass is 10.0. The summed E-state index contributed by atoms with van der Waals surface area (Å²) in [4.78, 5) is 10.2. The largest absolute Gasteiger partial charge is 0.464 e. The molecule has 1 fully saturated rings. The van der Waals surface area contributed by atoms with Gasteiger partial charge in [-0.3, -0.25) is 9.89 Å². The number of aromatic nitrogens is 2. The number of aromatic amines is 1. The first-order valence-electron chi connectivity index (χ1n) is 6.26. The molecule has 8 heteroatoms. The van der Waals surface area contributed by atoms with E-state index in [1.54, 1.807) is 0 Å². The minimum absolute atomic E-state index is 0.141. The predicted octanol–water partition coefficient (Wildman–Crippen LogP) is 1.98. The SMILES string of the molecule is CC(Cc1[nH]nc(C(O)C2CC2)c1C(F)(F)F)OC=O. The summed E-state index contributed by atoms with van der Waals surface area (Å²) in [6.07, 6.45) is -5.28. The number of rotatable bonds is 6. The van der Waals surface area contributed by atoms with Crippen LogP contribution in [0, 0.1) is 5.92 Å². The molecule has 2 N–H and O–H groups in total. The molecule has 1 aliphatic carbocycles.